The van der Waals surface area contributed by atoms with Gasteiger partial charge in [-0.1, -0.05) is 57.5 Å². The highest BCUT2D eigenvalue weighted by Crippen LogP contribution is 2.18. The first kappa shape index (κ1) is 30.5. The number of aryl methyl sites for hydroxylation is 1. The van der Waals surface area contributed by atoms with Crippen LogP contribution in [0.3, 0.4) is 0 Å². The predicted octanol–water partition coefficient (Wildman–Crippen LogP) is 4.77. The molecular formula is C28H43N5O3. The van der Waals surface area contributed by atoms with Gasteiger partial charge in [0.2, 0.25) is 5.91 Å². The average molecular weight is 498 g/mol. The zero-order chi connectivity index (χ0) is 27.1. The van der Waals surface area contributed by atoms with E-state index < -0.39 is 11.9 Å². The number of hydrogen-bond acceptors (Lipinski definition) is 7. The third-order valence-corrected chi connectivity index (χ3v) is 5.06. The van der Waals surface area contributed by atoms with Crippen molar-refractivity contribution in [3.63, 3.8) is 0 Å². The number of esters is 1. The molecule has 0 aliphatic carbocycles. The fourth-order valence-corrected chi connectivity index (χ4v) is 3.34. The van der Waals surface area contributed by atoms with Crippen LogP contribution in [-0.2, 0) is 20.9 Å². The molecule has 1 amide bonds. The second-order valence-corrected chi connectivity index (χ2v) is 8.72. The van der Waals surface area contributed by atoms with Gasteiger partial charge in [0.05, 0.1) is 19.7 Å². The molecule has 0 heterocycles. The Hall–Kier alpha value is -3.52. The molecule has 0 fully saturated rings. The maximum atomic E-state index is 12.7. The Morgan fingerprint density at radius 2 is 1.61 bits per heavy atom. The third-order valence-electron chi connectivity index (χ3n) is 5.06. The molecule has 6 N–H and O–H groups in total. The third kappa shape index (κ3) is 11.3. The lowest BCUT2D eigenvalue weighted by atomic mass is 9.96. The molecule has 8 nitrogen and oxygen atoms in total. The van der Waals surface area contributed by atoms with Gasteiger partial charge in [0.1, 0.15) is 5.92 Å². The maximum absolute atomic E-state index is 12.7. The zero-order valence-corrected chi connectivity index (χ0v) is 22.5. The number of nitrogens with one attached hydrogen (secondary N) is 2. The maximum Gasteiger partial charge on any atom is 0.318 e. The molecule has 2 aromatic carbocycles. The van der Waals surface area contributed by atoms with Crippen LogP contribution in [0, 0.1) is 18.8 Å². The Morgan fingerprint density at radius 3 is 2.17 bits per heavy atom. The van der Waals surface area contributed by atoms with Crippen molar-refractivity contribution in [3.8, 4) is 0 Å². The number of nitrogens with two attached hydrogens (primary N) is 2. The minimum Gasteiger partial charge on any atom is -0.465 e. The molecule has 198 valence electrons. The topological polar surface area (TPSA) is 123 Å². The fourth-order valence-electron chi connectivity index (χ4n) is 3.34. The van der Waals surface area contributed by atoms with E-state index in [1.54, 1.807) is 25.3 Å². The van der Waals surface area contributed by atoms with Gasteiger partial charge in [0, 0.05) is 23.3 Å². The second-order valence-electron chi connectivity index (χ2n) is 8.72. The summed E-state index contributed by atoms with van der Waals surface area (Å²) in [5.74, 6) is 4.58. The summed E-state index contributed by atoms with van der Waals surface area (Å²) in [5, 5.41) is 7.58. The monoisotopic (exact) mass is 497 g/mol. The summed E-state index contributed by atoms with van der Waals surface area (Å²) in [6, 6.07) is 15.4. The quantitative estimate of drug-likeness (QED) is 0.144. The van der Waals surface area contributed by atoms with E-state index in [4.69, 9.17) is 16.3 Å². The first-order valence-electron chi connectivity index (χ1n) is 12.5. The summed E-state index contributed by atoms with van der Waals surface area (Å²) < 4.78 is 5.07. The van der Waals surface area contributed by atoms with Gasteiger partial charge in [-0.3, -0.25) is 9.59 Å². The van der Waals surface area contributed by atoms with Crippen molar-refractivity contribution in [2.24, 2.45) is 23.4 Å². The van der Waals surface area contributed by atoms with Crippen LogP contribution in [-0.4, -0.2) is 30.0 Å². The van der Waals surface area contributed by atoms with E-state index in [-0.39, 0.29) is 18.4 Å². The molecule has 0 saturated heterocycles. The Bertz CT molecular complexity index is 956. The van der Waals surface area contributed by atoms with Gasteiger partial charge in [-0.25, -0.2) is 5.84 Å². The summed E-state index contributed by atoms with van der Waals surface area (Å²) in [4.78, 5) is 24.9. The number of carbonyl (C=O) groups is 2. The van der Waals surface area contributed by atoms with Gasteiger partial charge in [-0.15, -0.1) is 0 Å². The van der Waals surface area contributed by atoms with Crippen molar-refractivity contribution < 1.29 is 14.3 Å². The van der Waals surface area contributed by atoms with E-state index in [1.807, 2.05) is 71.0 Å². The molecule has 1 unspecified atom stereocenters. The van der Waals surface area contributed by atoms with E-state index in [9.17, 15) is 9.59 Å². The van der Waals surface area contributed by atoms with Crippen molar-refractivity contribution in [1.29, 1.82) is 0 Å². The molecule has 2 rings (SSSR count). The van der Waals surface area contributed by atoms with Crippen molar-refractivity contribution in [3.05, 3.63) is 71.6 Å². The summed E-state index contributed by atoms with van der Waals surface area (Å²) in [6.07, 6.45) is 2.12. The molecule has 0 aliphatic heterocycles. The van der Waals surface area contributed by atoms with Crippen LogP contribution in [0.2, 0.25) is 0 Å². The number of ether oxygens (including phenoxy) is 1. The Balaban J connectivity index is 0.00000316. The van der Waals surface area contributed by atoms with Crippen LogP contribution in [0.4, 0.5) is 11.4 Å². The number of hydrogen-bond donors (Lipinski definition) is 4. The van der Waals surface area contributed by atoms with Gasteiger partial charge < -0.3 is 26.1 Å². The van der Waals surface area contributed by atoms with E-state index in [1.165, 1.54) is 10.6 Å². The highest BCUT2D eigenvalue weighted by atomic mass is 16.5. The zero-order valence-electron chi connectivity index (χ0n) is 22.5. The Morgan fingerprint density at radius 1 is 1.03 bits per heavy atom. The predicted molar refractivity (Wildman–Crippen MR) is 148 cm³/mol. The number of anilines is 2. The summed E-state index contributed by atoms with van der Waals surface area (Å²) >= 11 is 0. The number of hydrazine groups is 1. The summed E-state index contributed by atoms with van der Waals surface area (Å²) in [6.45, 7) is 12.9. The molecule has 36 heavy (non-hydrogen) atoms. The number of rotatable bonds is 12. The highest BCUT2D eigenvalue weighted by molar-refractivity contribution is 6.04. The van der Waals surface area contributed by atoms with Crippen LogP contribution in [0.1, 0.15) is 52.2 Å². The van der Waals surface area contributed by atoms with Crippen LogP contribution in [0.5, 0.6) is 0 Å². The molecule has 0 aliphatic rings. The fraction of sp³-hybridized carbons (Fsp3) is 0.429. The number of carbonyl (C=O) groups excluding carboxylic acids is 2. The van der Waals surface area contributed by atoms with Crippen LogP contribution < -0.4 is 22.2 Å². The van der Waals surface area contributed by atoms with Crippen molar-refractivity contribution in [2.75, 3.05) is 23.8 Å². The highest BCUT2D eigenvalue weighted by Gasteiger charge is 2.28. The molecule has 0 spiro atoms. The van der Waals surface area contributed by atoms with Crippen molar-refractivity contribution in [2.45, 2.75) is 54.5 Å². The number of benzene rings is 2. The molecular weight excluding hydrogens is 454 g/mol. The Labute approximate surface area is 216 Å². The largest absolute Gasteiger partial charge is 0.465 e. The second kappa shape index (κ2) is 16.2. The first-order chi connectivity index (χ1) is 17.2. The minimum absolute atomic E-state index is 0.186. The average Bonchev–Trinajstić information content (AvgIpc) is 2.84. The van der Waals surface area contributed by atoms with E-state index in [2.05, 4.69) is 10.6 Å². The van der Waals surface area contributed by atoms with Gasteiger partial charge in [-0.2, -0.15) is 0 Å². The minimum atomic E-state index is -0.833. The SMILES string of the molecule is CC.CCOC(=O)C(CC(C)C)C(=O)Nc1ccc(CN(N)/C=C(\N)CNc2ccc(C)cc2)cc1. The van der Waals surface area contributed by atoms with Gasteiger partial charge in [-0.05, 0) is 56.0 Å². The molecule has 2 aromatic rings. The van der Waals surface area contributed by atoms with Crippen LogP contribution in [0.25, 0.3) is 0 Å². The normalized spacial score (nSPS) is 11.7. The summed E-state index contributed by atoms with van der Waals surface area (Å²) in [7, 11) is 0. The molecule has 1 atom stereocenters. The molecule has 0 saturated carbocycles. The lowest BCUT2D eigenvalue weighted by Crippen LogP contribution is -2.32. The van der Waals surface area contributed by atoms with Crippen molar-refractivity contribution >= 4 is 23.3 Å². The Kier molecular flexibility index (Phi) is 13.7. The number of amides is 1. The smallest absolute Gasteiger partial charge is 0.318 e. The lowest BCUT2D eigenvalue weighted by Gasteiger charge is -2.18. The van der Waals surface area contributed by atoms with Crippen molar-refractivity contribution in [1.82, 2.24) is 5.01 Å². The van der Waals surface area contributed by atoms with Gasteiger partial charge in [0.15, 0.2) is 0 Å². The summed E-state index contributed by atoms with van der Waals surface area (Å²) in [5.41, 5.74) is 10.4. The van der Waals surface area contributed by atoms with Gasteiger partial charge in [0.25, 0.3) is 0 Å². The van der Waals surface area contributed by atoms with E-state index in [0.717, 1.165) is 11.3 Å². The molecule has 0 radical (unpaired) electrons. The molecule has 0 bridgehead atoms. The number of nitrogens with zero attached hydrogens (tertiary/aromatic N) is 1. The standard InChI is InChI=1S/C26H37N5O3.C2H6/c1-5-34-26(33)24(14-18(2)3)25(32)30-23-12-8-20(9-13-23)16-31(28)17-21(27)15-29-22-10-6-19(4)7-11-22;1-2/h6-13,17-18,24,29H,5,14-16,27-28H2,1-4H3,(H,30,32);1-2H3/b21-17-;. The van der Waals surface area contributed by atoms with Gasteiger partial charge >= 0.3 is 5.97 Å². The van der Waals surface area contributed by atoms with E-state index >= 15 is 0 Å². The van der Waals surface area contributed by atoms with Crippen LogP contribution in [0.15, 0.2) is 60.4 Å². The molecule has 0 aromatic heterocycles. The lowest BCUT2D eigenvalue weighted by molar-refractivity contribution is -0.151. The van der Waals surface area contributed by atoms with Crippen LogP contribution >= 0.6 is 0 Å². The molecule has 8 heteroatoms. The van der Waals surface area contributed by atoms with E-state index in [0.29, 0.717) is 30.9 Å². The first-order valence-corrected chi connectivity index (χ1v) is 12.5.